The van der Waals surface area contributed by atoms with Gasteiger partial charge in [-0.15, -0.1) is 0 Å². The highest BCUT2D eigenvalue weighted by molar-refractivity contribution is 5.61. The number of hydrogen-bond donors (Lipinski definition) is 1. The molecule has 1 aromatic carbocycles. The molecule has 3 nitrogen and oxygen atoms in total. The molecule has 18 heavy (non-hydrogen) atoms. The predicted octanol–water partition coefficient (Wildman–Crippen LogP) is 3.10. The van der Waals surface area contributed by atoms with Crippen LogP contribution in [0.2, 0.25) is 0 Å². The second-order valence-corrected chi connectivity index (χ2v) is 3.74. The molecule has 0 aliphatic rings. The van der Waals surface area contributed by atoms with E-state index in [1.54, 1.807) is 4.90 Å². The standard InChI is InChI=1S/C13H13F2N3/c1-2-18(9-6-4-3-5-7-9)13-11(15)8-10(14)12(16)17-13/h3-8H,2H2,1H3,(H2,16,17). The molecule has 0 radical (unpaired) electrons. The fourth-order valence-electron chi connectivity index (χ4n) is 1.72. The molecule has 0 unspecified atom stereocenters. The lowest BCUT2D eigenvalue weighted by molar-refractivity contribution is 0.576. The van der Waals surface area contributed by atoms with E-state index in [1.165, 1.54) is 0 Å². The number of anilines is 3. The summed E-state index contributed by atoms with van der Waals surface area (Å²) < 4.78 is 26.8. The molecule has 0 saturated heterocycles. The molecule has 2 rings (SSSR count). The molecule has 0 amide bonds. The SMILES string of the molecule is CCN(c1ccccc1)c1nc(N)c(F)cc1F. The number of rotatable bonds is 3. The van der Waals surface area contributed by atoms with Gasteiger partial charge in [0.05, 0.1) is 0 Å². The van der Waals surface area contributed by atoms with E-state index in [4.69, 9.17) is 5.73 Å². The van der Waals surface area contributed by atoms with Crippen LogP contribution in [-0.2, 0) is 0 Å². The molecule has 1 heterocycles. The van der Waals surface area contributed by atoms with Crippen molar-refractivity contribution in [2.75, 3.05) is 17.2 Å². The van der Waals surface area contributed by atoms with Crippen molar-refractivity contribution in [2.45, 2.75) is 6.92 Å². The summed E-state index contributed by atoms with van der Waals surface area (Å²) in [5.41, 5.74) is 6.16. The van der Waals surface area contributed by atoms with Crippen LogP contribution in [0.3, 0.4) is 0 Å². The number of halogens is 2. The molecule has 1 aromatic heterocycles. The smallest absolute Gasteiger partial charge is 0.171 e. The summed E-state index contributed by atoms with van der Waals surface area (Å²) in [5, 5.41) is 0. The Morgan fingerprint density at radius 1 is 1.17 bits per heavy atom. The molecule has 0 bridgehead atoms. The summed E-state index contributed by atoms with van der Waals surface area (Å²) in [6.45, 7) is 2.35. The van der Waals surface area contributed by atoms with Crippen molar-refractivity contribution in [1.82, 2.24) is 4.98 Å². The van der Waals surface area contributed by atoms with Gasteiger partial charge in [0, 0.05) is 18.3 Å². The van der Waals surface area contributed by atoms with Crippen LogP contribution in [0.1, 0.15) is 6.92 Å². The Kier molecular flexibility index (Phi) is 3.41. The first kappa shape index (κ1) is 12.3. The summed E-state index contributed by atoms with van der Waals surface area (Å²) in [7, 11) is 0. The summed E-state index contributed by atoms with van der Waals surface area (Å²) >= 11 is 0. The fraction of sp³-hybridized carbons (Fsp3) is 0.154. The first-order valence-corrected chi connectivity index (χ1v) is 5.57. The minimum atomic E-state index is -0.847. The second-order valence-electron chi connectivity index (χ2n) is 3.74. The summed E-state index contributed by atoms with van der Waals surface area (Å²) in [5.74, 6) is -1.85. The molecule has 0 aliphatic heterocycles. The first-order valence-electron chi connectivity index (χ1n) is 5.57. The minimum Gasteiger partial charge on any atom is -0.381 e. The molecule has 5 heteroatoms. The van der Waals surface area contributed by atoms with Gasteiger partial charge >= 0.3 is 0 Å². The third-order valence-electron chi connectivity index (χ3n) is 2.58. The molecular formula is C13H13F2N3. The monoisotopic (exact) mass is 249 g/mol. The van der Waals surface area contributed by atoms with Crippen LogP contribution in [-0.4, -0.2) is 11.5 Å². The lowest BCUT2D eigenvalue weighted by Crippen LogP contribution is -2.19. The van der Waals surface area contributed by atoms with E-state index in [2.05, 4.69) is 4.98 Å². The zero-order valence-corrected chi connectivity index (χ0v) is 9.90. The fourth-order valence-corrected chi connectivity index (χ4v) is 1.72. The Labute approximate surface area is 104 Å². The number of hydrogen-bond acceptors (Lipinski definition) is 3. The first-order chi connectivity index (χ1) is 8.63. The topological polar surface area (TPSA) is 42.2 Å². The highest BCUT2D eigenvalue weighted by atomic mass is 19.1. The average Bonchev–Trinajstić information content (AvgIpc) is 2.38. The molecule has 94 valence electrons. The van der Waals surface area contributed by atoms with E-state index in [0.29, 0.717) is 6.54 Å². The van der Waals surface area contributed by atoms with Gasteiger partial charge in [0.1, 0.15) is 0 Å². The van der Waals surface area contributed by atoms with Gasteiger partial charge in [0.15, 0.2) is 23.3 Å². The maximum Gasteiger partial charge on any atom is 0.171 e. The Morgan fingerprint density at radius 3 is 2.44 bits per heavy atom. The minimum absolute atomic E-state index is 0.0302. The Bertz CT molecular complexity index is 543. The summed E-state index contributed by atoms with van der Waals surface area (Å²) in [4.78, 5) is 5.40. The average molecular weight is 249 g/mol. The largest absolute Gasteiger partial charge is 0.381 e. The van der Waals surface area contributed by atoms with Crippen LogP contribution in [0.15, 0.2) is 36.4 Å². The molecular weight excluding hydrogens is 236 g/mol. The second kappa shape index (κ2) is 5.00. The van der Waals surface area contributed by atoms with Crippen LogP contribution < -0.4 is 10.6 Å². The predicted molar refractivity (Wildman–Crippen MR) is 67.7 cm³/mol. The Balaban J connectivity index is 2.49. The van der Waals surface area contributed by atoms with E-state index in [1.807, 2.05) is 37.3 Å². The molecule has 0 aliphatic carbocycles. The Morgan fingerprint density at radius 2 is 1.83 bits per heavy atom. The summed E-state index contributed by atoms with van der Waals surface area (Å²) in [6, 6.07) is 9.93. The van der Waals surface area contributed by atoms with E-state index in [0.717, 1.165) is 11.8 Å². The van der Waals surface area contributed by atoms with Crippen LogP contribution in [0.25, 0.3) is 0 Å². The van der Waals surface area contributed by atoms with Crippen molar-refractivity contribution < 1.29 is 8.78 Å². The number of pyridine rings is 1. The van der Waals surface area contributed by atoms with Gasteiger partial charge in [-0.2, -0.15) is 0 Å². The normalized spacial score (nSPS) is 10.4. The number of nitrogens with two attached hydrogens (primary N) is 1. The van der Waals surface area contributed by atoms with E-state index < -0.39 is 11.6 Å². The number of nitrogen functional groups attached to an aromatic ring is 1. The molecule has 0 saturated carbocycles. The van der Waals surface area contributed by atoms with Gasteiger partial charge in [-0.25, -0.2) is 13.8 Å². The van der Waals surface area contributed by atoms with Crippen molar-refractivity contribution in [3.8, 4) is 0 Å². The van der Waals surface area contributed by atoms with E-state index in [9.17, 15) is 8.78 Å². The Hall–Kier alpha value is -2.17. The zero-order valence-electron chi connectivity index (χ0n) is 9.90. The van der Waals surface area contributed by atoms with Crippen LogP contribution in [0.5, 0.6) is 0 Å². The van der Waals surface area contributed by atoms with Gasteiger partial charge in [0.2, 0.25) is 0 Å². The van der Waals surface area contributed by atoms with Crippen LogP contribution in [0, 0.1) is 11.6 Å². The molecule has 2 N–H and O–H groups in total. The maximum atomic E-state index is 13.8. The highest BCUT2D eigenvalue weighted by Gasteiger charge is 2.16. The van der Waals surface area contributed by atoms with Gasteiger partial charge in [-0.3, -0.25) is 0 Å². The van der Waals surface area contributed by atoms with Crippen molar-refractivity contribution in [1.29, 1.82) is 0 Å². The molecule has 0 atom stereocenters. The number of benzene rings is 1. The van der Waals surface area contributed by atoms with E-state index >= 15 is 0 Å². The lowest BCUT2D eigenvalue weighted by Gasteiger charge is -2.22. The third-order valence-corrected chi connectivity index (χ3v) is 2.58. The van der Waals surface area contributed by atoms with Crippen LogP contribution >= 0.6 is 0 Å². The van der Waals surface area contributed by atoms with Crippen LogP contribution in [0.4, 0.5) is 26.1 Å². The van der Waals surface area contributed by atoms with E-state index in [-0.39, 0.29) is 11.6 Å². The number of aromatic nitrogens is 1. The quantitative estimate of drug-likeness (QED) is 0.908. The van der Waals surface area contributed by atoms with Gasteiger partial charge in [-0.1, -0.05) is 18.2 Å². The molecule has 2 aromatic rings. The van der Waals surface area contributed by atoms with Crippen molar-refractivity contribution in [3.63, 3.8) is 0 Å². The van der Waals surface area contributed by atoms with Gasteiger partial charge < -0.3 is 10.6 Å². The maximum absolute atomic E-state index is 13.8. The summed E-state index contributed by atoms with van der Waals surface area (Å²) in [6.07, 6.45) is 0. The molecule has 0 fully saturated rings. The lowest BCUT2D eigenvalue weighted by atomic mass is 10.2. The van der Waals surface area contributed by atoms with Gasteiger partial charge in [-0.05, 0) is 19.1 Å². The number of para-hydroxylation sites is 1. The highest BCUT2D eigenvalue weighted by Crippen LogP contribution is 2.27. The van der Waals surface area contributed by atoms with Crippen molar-refractivity contribution in [2.24, 2.45) is 0 Å². The zero-order chi connectivity index (χ0) is 13.1. The number of nitrogens with zero attached hydrogens (tertiary/aromatic N) is 2. The van der Waals surface area contributed by atoms with Crippen molar-refractivity contribution in [3.05, 3.63) is 48.0 Å². The molecule has 0 spiro atoms. The van der Waals surface area contributed by atoms with Crippen molar-refractivity contribution >= 4 is 17.3 Å². The van der Waals surface area contributed by atoms with Gasteiger partial charge in [0.25, 0.3) is 0 Å². The third kappa shape index (κ3) is 2.25.